The number of nitrogens with two attached hydrogens (primary N) is 1. The predicted octanol–water partition coefficient (Wildman–Crippen LogP) is -0.0948. The first-order valence-electron chi connectivity index (χ1n) is 5.89. The van der Waals surface area contributed by atoms with Gasteiger partial charge in [0.2, 0.25) is 10.0 Å². The van der Waals surface area contributed by atoms with Gasteiger partial charge >= 0.3 is 0 Å². The van der Waals surface area contributed by atoms with Crippen LogP contribution >= 0.6 is 0 Å². The van der Waals surface area contributed by atoms with Crippen molar-refractivity contribution in [3.05, 3.63) is 18.2 Å². The lowest BCUT2D eigenvalue weighted by atomic mass is 10.3. The van der Waals surface area contributed by atoms with Crippen LogP contribution in [-0.2, 0) is 14.8 Å². The first-order valence-corrected chi connectivity index (χ1v) is 7.33. The molecule has 0 saturated heterocycles. The molecule has 1 aromatic carbocycles. The number of aliphatic hydroxyl groups excluding tert-OH is 1. The zero-order valence-electron chi connectivity index (χ0n) is 11.7. The maximum absolute atomic E-state index is 12.3. The molecule has 0 radical (unpaired) electrons. The molecule has 1 atom stereocenters. The van der Waals surface area contributed by atoms with Gasteiger partial charge in [0.05, 0.1) is 25.5 Å². The number of hydrogen-bond donors (Lipinski definition) is 2. The molecule has 0 saturated carbocycles. The summed E-state index contributed by atoms with van der Waals surface area (Å²) >= 11 is 0. The van der Waals surface area contributed by atoms with Gasteiger partial charge in [-0.1, -0.05) is 0 Å². The Morgan fingerprint density at radius 1 is 1.40 bits per heavy atom. The molecule has 3 N–H and O–H groups in total. The first kappa shape index (κ1) is 16.7. The summed E-state index contributed by atoms with van der Waals surface area (Å²) in [4.78, 5) is -0.0228. The lowest BCUT2D eigenvalue weighted by Crippen LogP contribution is -2.36. The van der Waals surface area contributed by atoms with Gasteiger partial charge in [0.1, 0.15) is 10.6 Å². The van der Waals surface area contributed by atoms with Crippen LogP contribution in [0.4, 0.5) is 5.69 Å². The van der Waals surface area contributed by atoms with Crippen LogP contribution in [0.2, 0.25) is 0 Å². The average Bonchev–Trinajstić information content (AvgIpc) is 2.38. The molecule has 0 aliphatic carbocycles. The quantitative estimate of drug-likeness (QED) is 0.682. The van der Waals surface area contributed by atoms with Crippen LogP contribution < -0.4 is 10.5 Å². The number of methoxy groups -OCH3 is 2. The van der Waals surface area contributed by atoms with E-state index in [1.807, 2.05) is 0 Å². The summed E-state index contributed by atoms with van der Waals surface area (Å²) < 4.78 is 35.5. The summed E-state index contributed by atoms with van der Waals surface area (Å²) in [6, 6.07) is 4.33. The zero-order valence-corrected chi connectivity index (χ0v) is 12.6. The SMILES string of the molecule is COCC(O)CN(C)S(=O)(=O)c1ccc(OC)cc1N. The van der Waals surface area contributed by atoms with Crippen LogP contribution in [0.5, 0.6) is 5.75 Å². The Balaban J connectivity index is 2.98. The Kier molecular flexibility index (Phi) is 5.75. The Morgan fingerprint density at radius 2 is 2.05 bits per heavy atom. The van der Waals surface area contributed by atoms with E-state index in [0.717, 1.165) is 4.31 Å². The van der Waals surface area contributed by atoms with Gasteiger partial charge in [-0.05, 0) is 12.1 Å². The van der Waals surface area contributed by atoms with Gasteiger partial charge < -0.3 is 20.3 Å². The third-order valence-electron chi connectivity index (χ3n) is 2.73. The van der Waals surface area contributed by atoms with Crippen molar-refractivity contribution in [1.29, 1.82) is 0 Å². The summed E-state index contributed by atoms with van der Waals surface area (Å²) in [5.41, 5.74) is 5.83. The van der Waals surface area contributed by atoms with Crippen molar-refractivity contribution in [2.24, 2.45) is 0 Å². The number of benzene rings is 1. The Bertz CT molecular complexity index is 547. The molecule has 20 heavy (non-hydrogen) atoms. The second-order valence-corrected chi connectivity index (χ2v) is 6.31. The average molecular weight is 304 g/mol. The number of sulfonamides is 1. The van der Waals surface area contributed by atoms with Gasteiger partial charge in [0.15, 0.2) is 0 Å². The summed E-state index contributed by atoms with van der Waals surface area (Å²) in [7, 11) is 0.500. The molecule has 7 nitrogen and oxygen atoms in total. The monoisotopic (exact) mass is 304 g/mol. The number of rotatable bonds is 7. The van der Waals surface area contributed by atoms with Crippen LogP contribution in [0.15, 0.2) is 23.1 Å². The zero-order chi connectivity index (χ0) is 15.3. The number of nitrogen functional groups attached to an aromatic ring is 1. The van der Waals surface area contributed by atoms with E-state index in [1.54, 1.807) is 0 Å². The molecule has 114 valence electrons. The Morgan fingerprint density at radius 3 is 2.55 bits per heavy atom. The number of hydrogen-bond acceptors (Lipinski definition) is 6. The third-order valence-corrected chi connectivity index (χ3v) is 4.63. The molecule has 0 fully saturated rings. The maximum Gasteiger partial charge on any atom is 0.244 e. The largest absolute Gasteiger partial charge is 0.497 e. The fraction of sp³-hybridized carbons (Fsp3) is 0.500. The molecule has 1 unspecified atom stereocenters. The van der Waals surface area contributed by atoms with E-state index in [2.05, 4.69) is 0 Å². The molecule has 0 aromatic heterocycles. The lowest BCUT2D eigenvalue weighted by Gasteiger charge is -2.21. The molecule has 0 aliphatic rings. The molecule has 0 spiro atoms. The first-order chi connectivity index (χ1) is 9.32. The molecule has 8 heteroatoms. The minimum absolute atomic E-state index is 0.0228. The van der Waals surface area contributed by atoms with Crippen LogP contribution in [0.25, 0.3) is 0 Å². The van der Waals surface area contributed by atoms with Crippen molar-refractivity contribution in [3.8, 4) is 5.75 Å². The van der Waals surface area contributed by atoms with E-state index in [0.29, 0.717) is 5.75 Å². The van der Waals surface area contributed by atoms with Crippen LogP contribution in [0, 0.1) is 0 Å². The Hall–Kier alpha value is -1.35. The van der Waals surface area contributed by atoms with Crippen molar-refractivity contribution in [2.45, 2.75) is 11.0 Å². The molecule has 0 amide bonds. The van der Waals surface area contributed by atoms with Gasteiger partial charge in [0.25, 0.3) is 0 Å². The lowest BCUT2D eigenvalue weighted by molar-refractivity contribution is 0.0554. The summed E-state index contributed by atoms with van der Waals surface area (Å²) in [6.07, 6.45) is -0.903. The molecule has 0 aliphatic heterocycles. The summed E-state index contributed by atoms with van der Waals surface area (Å²) in [5.74, 6) is 0.475. The maximum atomic E-state index is 12.3. The number of likely N-dealkylation sites (N-methyl/N-ethyl adjacent to an activating group) is 1. The smallest absolute Gasteiger partial charge is 0.244 e. The standard InChI is InChI=1S/C12H20N2O5S/c1-14(7-9(15)8-18-2)20(16,17)12-5-4-10(19-3)6-11(12)13/h4-6,9,15H,7-8,13H2,1-3H3. The highest BCUT2D eigenvalue weighted by atomic mass is 32.2. The van der Waals surface area contributed by atoms with E-state index in [9.17, 15) is 13.5 Å². The van der Waals surface area contributed by atoms with E-state index < -0.39 is 16.1 Å². The number of nitrogens with zero attached hydrogens (tertiary/aromatic N) is 1. The van der Waals surface area contributed by atoms with Crippen LogP contribution in [-0.4, -0.2) is 58.4 Å². The fourth-order valence-corrected chi connectivity index (χ4v) is 3.00. The molecule has 1 aromatic rings. The molecule has 0 bridgehead atoms. The normalized spacial score (nSPS) is 13.4. The van der Waals surface area contributed by atoms with Crippen molar-refractivity contribution in [2.75, 3.05) is 40.2 Å². The minimum atomic E-state index is -3.77. The van der Waals surface area contributed by atoms with Gasteiger partial charge in [-0.15, -0.1) is 0 Å². The van der Waals surface area contributed by atoms with Gasteiger partial charge in [0, 0.05) is 26.8 Å². The second kappa shape index (κ2) is 6.89. The highest BCUT2D eigenvalue weighted by Crippen LogP contribution is 2.25. The molecular formula is C12H20N2O5S. The van der Waals surface area contributed by atoms with Gasteiger partial charge in [-0.25, -0.2) is 8.42 Å². The molecule has 0 heterocycles. The summed E-state index contributed by atoms with van der Waals surface area (Å²) in [6.45, 7) is -0.0282. The number of anilines is 1. The predicted molar refractivity (Wildman–Crippen MR) is 75.1 cm³/mol. The van der Waals surface area contributed by atoms with Crippen molar-refractivity contribution >= 4 is 15.7 Å². The number of ether oxygens (including phenoxy) is 2. The van der Waals surface area contributed by atoms with E-state index >= 15 is 0 Å². The van der Waals surface area contributed by atoms with E-state index in [-0.39, 0.29) is 23.7 Å². The molecule has 1 rings (SSSR count). The van der Waals surface area contributed by atoms with Crippen LogP contribution in [0.1, 0.15) is 0 Å². The summed E-state index contributed by atoms with van der Waals surface area (Å²) in [5, 5.41) is 9.60. The molecular weight excluding hydrogens is 284 g/mol. The van der Waals surface area contributed by atoms with Gasteiger partial charge in [-0.2, -0.15) is 4.31 Å². The van der Waals surface area contributed by atoms with Crippen molar-refractivity contribution in [1.82, 2.24) is 4.31 Å². The van der Waals surface area contributed by atoms with Crippen LogP contribution in [0.3, 0.4) is 0 Å². The van der Waals surface area contributed by atoms with E-state index in [1.165, 1.54) is 39.5 Å². The topological polar surface area (TPSA) is 102 Å². The highest BCUT2D eigenvalue weighted by Gasteiger charge is 2.25. The van der Waals surface area contributed by atoms with Gasteiger partial charge in [-0.3, -0.25) is 0 Å². The minimum Gasteiger partial charge on any atom is -0.497 e. The fourth-order valence-electron chi connectivity index (χ4n) is 1.70. The second-order valence-electron chi connectivity index (χ2n) is 4.30. The van der Waals surface area contributed by atoms with Crippen molar-refractivity contribution in [3.63, 3.8) is 0 Å². The Labute approximate surface area is 119 Å². The number of aliphatic hydroxyl groups is 1. The van der Waals surface area contributed by atoms with Crippen molar-refractivity contribution < 1.29 is 23.0 Å². The highest BCUT2D eigenvalue weighted by molar-refractivity contribution is 7.89. The van der Waals surface area contributed by atoms with E-state index in [4.69, 9.17) is 15.2 Å². The third kappa shape index (κ3) is 3.83.